The molecular weight excluding hydrogens is 382 g/mol. The number of rotatable bonds is 2. The van der Waals surface area contributed by atoms with Crippen molar-refractivity contribution in [2.75, 3.05) is 0 Å². The van der Waals surface area contributed by atoms with Crippen molar-refractivity contribution in [3.63, 3.8) is 0 Å². The molecule has 1 aliphatic heterocycles. The maximum absolute atomic E-state index is 6.40. The van der Waals surface area contributed by atoms with Gasteiger partial charge < -0.3 is 10.5 Å². The molecule has 0 aliphatic carbocycles. The third-order valence-corrected chi connectivity index (χ3v) is 4.44. The molecule has 0 aromatic heterocycles. The fraction of sp³-hybridized carbons (Fsp3) is 0.250. The first-order valence-corrected chi connectivity index (χ1v) is 8.12. The van der Waals surface area contributed by atoms with Gasteiger partial charge in [0.15, 0.2) is 0 Å². The van der Waals surface area contributed by atoms with Crippen molar-refractivity contribution in [3.05, 3.63) is 62.0 Å². The second kappa shape index (κ2) is 5.51. The van der Waals surface area contributed by atoms with Gasteiger partial charge in [-0.05, 0) is 47.9 Å². The van der Waals surface area contributed by atoms with Crippen LogP contribution in [0.5, 0.6) is 5.75 Å². The van der Waals surface area contributed by atoms with Crippen LogP contribution in [0.3, 0.4) is 0 Å². The first-order chi connectivity index (χ1) is 9.52. The molecule has 0 bridgehead atoms. The molecule has 4 heteroatoms. The molecule has 2 unspecified atom stereocenters. The van der Waals surface area contributed by atoms with Crippen LogP contribution in [0.25, 0.3) is 0 Å². The van der Waals surface area contributed by atoms with Crippen LogP contribution in [0, 0.1) is 0 Å². The Bertz CT molecular complexity index is 637. The number of hydrogen-bond acceptors (Lipinski definition) is 2. The third-order valence-electron chi connectivity index (χ3n) is 3.52. The smallest absolute Gasteiger partial charge is 0.123 e. The molecule has 2 aromatic carbocycles. The van der Waals surface area contributed by atoms with Gasteiger partial charge in [0.1, 0.15) is 11.9 Å². The summed E-state index contributed by atoms with van der Waals surface area (Å²) in [6, 6.07) is 12.2. The Hall–Kier alpha value is -0.840. The zero-order valence-electron chi connectivity index (χ0n) is 11.1. The van der Waals surface area contributed by atoms with Crippen molar-refractivity contribution >= 4 is 31.9 Å². The largest absolute Gasteiger partial charge is 0.490 e. The van der Waals surface area contributed by atoms with Crippen LogP contribution in [0.1, 0.15) is 29.7 Å². The number of nitrogens with two attached hydrogens (primary N) is 1. The monoisotopic (exact) mass is 395 g/mol. The van der Waals surface area contributed by atoms with Crippen LogP contribution in [0.2, 0.25) is 0 Å². The minimum atomic E-state index is -0.134. The zero-order valence-corrected chi connectivity index (χ0v) is 14.2. The molecule has 2 atom stereocenters. The van der Waals surface area contributed by atoms with Gasteiger partial charge in [-0.2, -0.15) is 0 Å². The molecule has 2 N–H and O–H groups in total. The fourth-order valence-corrected chi connectivity index (χ4v) is 3.91. The van der Waals surface area contributed by atoms with Crippen LogP contribution >= 0.6 is 31.9 Å². The standard InChI is InChI=1S/C16H15Br2NO/c1-9-4-11-5-10(2-3-15(11)20-9)16(19)12-6-13(17)8-14(18)7-12/h2-3,5-9,16H,4,19H2,1H3. The van der Waals surface area contributed by atoms with Gasteiger partial charge in [-0.25, -0.2) is 0 Å². The van der Waals surface area contributed by atoms with Gasteiger partial charge >= 0.3 is 0 Å². The molecule has 0 saturated carbocycles. The summed E-state index contributed by atoms with van der Waals surface area (Å²) in [5.74, 6) is 0.990. The number of hydrogen-bond donors (Lipinski definition) is 1. The minimum absolute atomic E-state index is 0.134. The van der Waals surface area contributed by atoms with Crippen molar-refractivity contribution in [2.24, 2.45) is 5.73 Å². The summed E-state index contributed by atoms with van der Waals surface area (Å²) in [4.78, 5) is 0. The second-order valence-electron chi connectivity index (χ2n) is 5.18. The highest BCUT2D eigenvalue weighted by molar-refractivity contribution is 9.11. The van der Waals surface area contributed by atoms with Crippen LogP contribution in [0.15, 0.2) is 45.3 Å². The third kappa shape index (κ3) is 2.78. The predicted octanol–water partition coefficient (Wildman–Crippen LogP) is 4.58. The minimum Gasteiger partial charge on any atom is -0.490 e. The molecule has 0 spiro atoms. The molecule has 1 aliphatic rings. The lowest BCUT2D eigenvalue weighted by molar-refractivity contribution is 0.254. The molecule has 3 rings (SSSR count). The molecule has 0 fully saturated rings. The first kappa shape index (κ1) is 14.1. The van der Waals surface area contributed by atoms with Crippen molar-refractivity contribution < 1.29 is 4.74 Å². The Morgan fingerprint density at radius 1 is 1.10 bits per heavy atom. The zero-order chi connectivity index (χ0) is 14.3. The quantitative estimate of drug-likeness (QED) is 0.805. The van der Waals surface area contributed by atoms with E-state index in [0.717, 1.165) is 32.2 Å². The van der Waals surface area contributed by atoms with E-state index in [-0.39, 0.29) is 12.1 Å². The molecule has 104 valence electrons. The van der Waals surface area contributed by atoms with Crippen LogP contribution in [0.4, 0.5) is 0 Å². The summed E-state index contributed by atoms with van der Waals surface area (Å²) >= 11 is 7.01. The summed E-state index contributed by atoms with van der Waals surface area (Å²) in [6.45, 7) is 2.09. The van der Waals surface area contributed by atoms with E-state index in [1.54, 1.807) is 0 Å². The van der Waals surface area contributed by atoms with Crippen LogP contribution < -0.4 is 10.5 Å². The van der Waals surface area contributed by atoms with Crippen LogP contribution in [-0.2, 0) is 6.42 Å². The van der Waals surface area contributed by atoms with E-state index in [1.807, 2.05) is 12.1 Å². The van der Waals surface area contributed by atoms with Gasteiger partial charge in [0.05, 0.1) is 6.04 Å². The summed E-state index contributed by atoms with van der Waals surface area (Å²) in [5, 5.41) is 0. The van der Waals surface area contributed by atoms with E-state index in [2.05, 4.69) is 63.0 Å². The normalized spacial score (nSPS) is 18.5. The molecular formula is C16H15Br2NO. The lowest BCUT2D eigenvalue weighted by Crippen LogP contribution is -2.12. The van der Waals surface area contributed by atoms with Crippen molar-refractivity contribution in [1.29, 1.82) is 0 Å². The summed E-state index contributed by atoms with van der Waals surface area (Å²) in [7, 11) is 0. The molecule has 1 heterocycles. The van der Waals surface area contributed by atoms with Gasteiger partial charge in [-0.3, -0.25) is 0 Å². The average Bonchev–Trinajstić information content (AvgIpc) is 2.75. The lowest BCUT2D eigenvalue weighted by Gasteiger charge is -2.14. The summed E-state index contributed by atoms with van der Waals surface area (Å²) < 4.78 is 7.78. The Labute approximate surface area is 135 Å². The fourth-order valence-electron chi connectivity index (χ4n) is 2.58. The first-order valence-electron chi connectivity index (χ1n) is 6.54. The van der Waals surface area contributed by atoms with Crippen molar-refractivity contribution in [1.82, 2.24) is 0 Å². The number of ether oxygens (including phenoxy) is 1. The number of halogens is 2. The van der Waals surface area contributed by atoms with E-state index < -0.39 is 0 Å². The van der Waals surface area contributed by atoms with E-state index in [9.17, 15) is 0 Å². The Balaban J connectivity index is 1.95. The maximum Gasteiger partial charge on any atom is 0.123 e. The van der Waals surface area contributed by atoms with E-state index in [1.165, 1.54) is 5.56 Å². The predicted molar refractivity (Wildman–Crippen MR) is 88.1 cm³/mol. The van der Waals surface area contributed by atoms with Gasteiger partial charge in [0, 0.05) is 15.4 Å². The highest BCUT2D eigenvalue weighted by atomic mass is 79.9. The summed E-state index contributed by atoms with van der Waals surface area (Å²) in [6.07, 6.45) is 1.22. The topological polar surface area (TPSA) is 35.2 Å². The Kier molecular flexibility index (Phi) is 3.89. The second-order valence-corrected chi connectivity index (χ2v) is 7.01. The Morgan fingerprint density at radius 2 is 1.80 bits per heavy atom. The van der Waals surface area contributed by atoms with Gasteiger partial charge in [0.25, 0.3) is 0 Å². The molecule has 0 saturated heterocycles. The highest BCUT2D eigenvalue weighted by Gasteiger charge is 2.20. The molecule has 20 heavy (non-hydrogen) atoms. The molecule has 0 amide bonds. The SMILES string of the molecule is CC1Cc2cc(C(N)c3cc(Br)cc(Br)c3)ccc2O1. The maximum atomic E-state index is 6.40. The van der Waals surface area contributed by atoms with Gasteiger partial charge in [-0.15, -0.1) is 0 Å². The number of fused-ring (bicyclic) bond motifs is 1. The highest BCUT2D eigenvalue weighted by Crippen LogP contribution is 2.33. The summed E-state index contributed by atoms with van der Waals surface area (Å²) in [5.41, 5.74) is 9.85. The molecule has 0 radical (unpaired) electrons. The van der Waals surface area contributed by atoms with Crippen molar-refractivity contribution in [2.45, 2.75) is 25.5 Å². The van der Waals surface area contributed by atoms with Gasteiger partial charge in [-0.1, -0.05) is 44.0 Å². The molecule has 2 nitrogen and oxygen atoms in total. The van der Waals surface area contributed by atoms with E-state index in [4.69, 9.17) is 10.5 Å². The Morgan fingerprint density at radius 3 is 2.50 bits per heavy atom. The van der Waals surface area contributed by atoms with Crippen molar-refractivity contribution in [3.8, 4) is 5.75 Å². The lowest BCUT2D eigenvalue weighted by atomic mass is 9.97. The van der Waals surface area contributed by atoms with E-state index >= 15 is 0 Å². The molecule has 2 aromatic rings. The van der Waals surface area contributed by atoms with Gasteiger partial charge in [0.2, 0.25) is 0 Å². The number of benzene rings is 2. The average molecular weight is 397 g/mol. The van der Waals surface area contributed by atoms with Crippen LogP contribution in [-0.4, -0.2) is 6.10 Å². The van der Waals surface area contributed by atoms with E-state index in [0.29, 0.717) is 0 Å².